The van der Waals surface area contributed by atoms with Gasteiger partial charge in [-0.2, -0.15) is 0 Å². The molecule has 6 heteroatoms. The zero-order valence-electron chi connectivity index (χ0n) is 10.6. The Morgan fingerprint density at radius 3 is 2.68 bits per heavy atom. The maximum atomic E-state index is 11.2. The lowest BCUT2D eigenvalue weighted by molar-refractivity contribution is -0.386. The Labute approximate surface area is 120 Å². The summed E-state index contributed by atoms with van der Waals surface area (Å²) < 4.78 is 5.75. The predicted octanol–water partition coefficient (Wildman–Crippen LogP) is 3.43. The number of rotatable bonds is 4. The van der Waals surface area contributed by atoms with Gasteiger partial charge < -0.3 is 9.64 Å². The Bertz CT molecular complexity index is 511. The summed E-state index contributed by atoms with van der Waals surface area (Å²) >= 11 is 3.36. The normalized spacial score (nSPS) is 15.2. The second kappa shape index (κ2) is 6.06. The topological polar surface area (TPSA) is 55.6 Å². The van der Waals surface area contributed by atoms with Crippen molar-refractivity contribution >= 4 is 27.7 Å². The van der Waals surface area contributed by atoms with Crippen LogP contribution in [0.15, 0.2) is 22.8 Å². The van der Waals surface area contributed by atoms with Gasteiger partial charge in [-0.25, -0.2) is 0 Å². The molecule has 1 aliphatic heterocycles. The van der Waals surface area contributed by atoms with E-state index < -0.39 is 4.92 Å². The first kappa shape index (κ1) is 13.9. The van der Waals surface area contributed by atoms with E-state index in [0.717, 1.165) is 13.1 Å². The van der Waals surface area contributed by atoms with E-state index in [4.69, 9.17) is 4.74 Å². The quantitative estimate of drug-likeness (QED) is 0.628. The molecule has 19 heavy (non-hydrogen) atoms. The van der Waals surface area contributed by atoms with Crippen LogP contribution in [-0.4, -0.2) is 30.0 Å². The molecular weight excluding hydrogens is 312 g/mol. The van der Waals surface area contributed by atoms with Crippen LogP contribution in [0, 0.1) is 10.1 Å². The van der Waals surface area contributed by atoms with Gasteiger partial charge in [-0.1, -0.05) is 0 Å². The molecule has 1 fully saturated rings. The third kappa shape index (κ3) is 3.07. The minimum atomic E-state index is -0.409. The summed E-state index contributed by atoms with van der Waals surface area (Å²) in [4.78, 5) is 13.0. The number of benzene rings is 1. The predicted molar refractivity (Wildman–Crippen MR) is 77.2 cm³/mol. The summed E-state index contributed by atoms with van der Waals surface area (Å²) in [6, 6.07) is 3.35. The Morgan fingerprint density at radius 1 is 1.42 bits per heavy atom. The van der Waals surface area contributed by atoms with E-state index in [-0.39, 0.29) is 11.4 Å². The molecule has 0 bridgehead atoms. The van der Waals surface area contributed by atoms with Gasteiger partial charge in [0.1, 0.15) is 0 Å². The molecule has 5 nitrogen and oxygen atoms in total. The van der Waals surface area contributed by atoms with Crippen molar-refractivity contribution in [2.24, 2.45) is 0 Å². The van der Waals surface area contributed by atoms with E-state index >= 15 is 0 Å². The number of hydrogen-bond acceptors (Lipinski definition) is 4. The Balaban J connectivity index is 2.39. The molecular formula is C13H15BrN2O3. The number of ether oxygens (including phenoxy) is 1. The highest BCUT2D eigenvalue weighted by atomic mass is 79.9. The molecule has 102 valence electrons. The van der Waals surface area contributed by atoms with Gasteiger partial charge in [-0.05, 0) is 53.2 Å². The Kier molecular flexibility index (Phi) is 4.42. The minimum absolute atomic E-state index is 0.00711. The number of nitro benzene ring substituents is 1. The monoisotopic (exact) mass is 326 g/mol. The molecule has 0 radical (unpaired) electrons. The molecule has 0 unspecified atom stereocenters. The van der Waals surface area contributed by atoms with E-state index in [1.807, 2.05) is 6.20 Å². The van der Waals surface area contributed by atoms with Crippen molar-refractivity contribution in [3.8, 4) is 5.75 Å². The summed E-state index contributed by atoms with van der Waals surface area (Å²) in [6.07, 6.45) is 6.03. The summed E-state index contributed by atoms with van der Waals surface area (Å²) in [5, 5.41) is 11.2. The van der Waals surface area contributed by atoms with Gasteiger partial charge in [0.05, 0.1) is 17.6 Å². The maximum absolute atomic E-state index is 11.2. The van der Waals surface area contributed by atoms with Crippen LogP contribution in [0.25, 0.3) is 6.08 Å². The highest BCUT2D eigenvalue weighted by Crippen LogP contribution is 2.36. The zero-order valence-corrected chi connectivity index (χ0v) is 12.2. The van der Waals surface area contributed by atoms with Crippen molar-refractivity contribution in [2.75, 3.05) is 20.2 Å². The van der Waals surface area contributed by atoms with E-state index in [1.165, 1.54) is 20.0 Å². The Hall–Kier alpha value is -1.56. The highest BCUT2D eigenvalue weighted by Gasteiger charge is 2.21. The van der Waals surface area contributed by atoms with Crippen molar-refractivity contribution < 1.29 is 9.66 Å². The first-order valence-electron chi connectivity index (χ1n) is 6.06. The van der Waals surface area contributed by atoms with Crippen molar-refractivity contribution in [3.05, 3.63) is 38.5 Å². The first-order chi connectivity index (χ1) is 9.13. The molecule has 1 heterocycles. The molecule has 1 saturated heterocycles. The van der Waals surface area contributed by atoms with E-state index in [0.29, 0.717) is 10.0 Å². The molecule has 2 rings (SSSR count). The van der Waals surface area contributed by atoms with Crippen molar-refractivity contribution in [1.29, 1.82) is 0 Å². The van der Waals surface area contributed by atoms with Crippen molar-refractivity contribution in [2.45, 2.75) is 12.8 Å². The van der Waals surface area contributed by atoms with Crippen LogP contribution in [0.2, 0.25) is 0 Å². The zero-order chi connectivity index (χ0) is 13.8. The second-order valence-electron chi connectivity index (χ2n) is 4.33. The lowest BCUT2D eigenvalue weighted by Gasteiger charge is -2.11. The van der Waals surface area contributed by atoms with Crippen LogP contribution in [0.4, 0.5) is 5.69 Å². The minimum Gasteiger partial charge on any atom is -0.490 e. The fraction of sp³-hybridized carbons (Fsp3) is 0.385. The highest BCUT2D eigenvalue weighted by molar-refractivity contribution is 9.10. The number of nitrogens with zero attached hydrogens (tertiary/aromatic N) is 2. The largest absolute Gasteiger partial charge is 0.490 e. The fourth-order valence-electron chi connectivity index (χ4n) is 2.15. The summed E-state index contributed by atoms with van der Waals surface area (Å²) in [5.74, 6) is 0.272. The molecule has 0 amide bonds. The van der Waals surface area contributed by atoms with Crippen LogP contribution < -0.4 is 4.74 Å². The molecule has 0 spiro atoms. The lowest BCUT2D eigenvalue weighted by Crippen LogP contribution is -2.10. The third-order valence-electron chi connectivity index (χ3n) is 3.12. The van der Waals surface area contributed by atoms with Gasteiger partial charge in [-0.15, -0.1) is 0 Å². The molecule has 0 saturated carbocycles. The molecule has 0 N–H and O–H groups in total. The van der Waals surface area contributed by atoms with Gasteiger partial charge in [0.15, 0.2) is 5.75 Å². The molecule has 0 aromatic heterocycles. The van der Waals surface area contributed by atoms with Crippen LogP contribution in [0.3, 0.4) is 0 Å². The molecule has 0 atom stereocenters. The standard InChI is InChI=1S/C13H15BrN2O3/c1-19-12-5-4-11(14)10(13(12)16(17)18)6-9-15-7-2-3-8-15/h4-6,9H,2-3,7-8H2,1H3. The number of halogens is 1. The van der Waals surface area contributed by atoms with Crippen molar-refractivity contribution in [3.63, 3.8) is 0 Å². The summed E-state index contributed by atoms with van der Waals surface area (Å²) in [6.45, 7) is 2.01. The van der Waals surface area contributed by atoms with Gasteiger partial charge >= 0.3 is 5.69 Å². The SMILES string of the molecule is COc1ccc(Br)c(C=CN2CCCC2)c1[N+](=O)[O-]. The third-order valence-corrected chi connectivity index (χ3v) is 3.81. The van der Waals surface area contributed by atoms with Crippen LogP contribution in [0.1, 0.15) is 18.4 Å². The van der Waals surface area contributed by atoms with E-state index in [2.05, 4.69) is 20.8 Å². The van der Waals surface area contributed by atoms with Gasteiger partial charge in [-0.3, -0.25) is 10.1 Å². The fourth-order valence-corrected chi connectivity index (χ4v) is 2.60. The van der Waals surface area contributed by atoms with Crippen LogP contribution in [0.5, 0.6) is 5.75 Å². The van der Waals surface area contributed by atoms with Crippen LogP contribution in [-0.2, 0) is 0 Å². The molecule has 1 aromatic carbocycles. The molecule has 1 aliphatic rings. The average molecular weight is 327 g/mol. The van der Waals surface area contributed by atoms with Crippen LogP contribution >= 0.6 is 15.9 Å². The van der Waals surface area contributed by atoms with E-state index in [1.54, 1.807) is 18.2 Å². The number of methoxy groups -OCH3 is 1. The number of hydrogen-bond donors (Lipinski definition) is 0. The number of nitro groups is 1. The lowest BCUT2D eigenvalue weighted by atomic mass is 10.1. The van der Waals surface area contributed by atoms with Gasteiger partial charge in [0.25, 0.3) is 0 Å². The summed E-state index contributed by atoms with van der Waals surface area (Å²) in [5.41, 5.74) is 0.531. The number of likely N-dealkylation sites (tertiary alicyclic amines) is 1. The summed E-state index contributed by atoms with van der Waals surface area (Å²) in [7, 11) is 1.43. The van der Waals surface area contributed by atoms with E-state index in [9.17, 15) is 10.1 Å². The van der Waals surface area contributed by atoms with Crippen molar-refractivity contribution in [1.82, 2.24) is 4.90 Å². The maximum Gasteiger partial charge on any atom is 0.319 e. The van der Waals surface area contributed by atoms with Gasteiger partial charge in [0, 0.05) is 17.6 Å². The van der Waals surface area contributed by atoms with Gasteiger partial charge in [0.2, 0.25) is 0 Å². The Morgan fingerprint density at radius 2 is 2.11 bits per heavy atom. The first-order valence-corrected chi connectivity index (χ1v) is 6.86. The molecule has 0 aliphatic carbocycles. The second-order valence-corrected chi connectivity index (χ2v) is 5.18. The molecule has 1 aromatic rings. The average Bonchev–Trinajstić information content (AvgIpc) is 2.89. The smallest absolute Gasteiger partial charge is 0.319 e.